The Kier molecular flexibility index (Phi) is 4.56. The lowest BCUT2D eigenvalue weighted by atomic mass is 10.1. The summed E-state index contributed by atoms with van der Waals surface area (Å²) in [5.41, 5.74) is 2.67. The van der Waals surface area contributed by atoms with Crippen LogP contribution in [0.25, 0.3) is 22.5 Å². The van der Waals surface area contributed by atoms with Gasteiger partial charge in [-0.3, -0.25) is 14.2 Å². The van der Waals surface area contributed by atoms with Gasteiger partial charge in [0.05, 0.1) is 16.9 Å². The molecule has 33 heavy (non-hydrogen) atoms. The number of hydrogen-bond donors (Lipinski definition) is 2. The lowest BCUT2D eigenvalue weighted by molar-refractivity contribution is 0.617. The van der Waals surface area contributed by atoms with Crippen molar-refractivity contribution in [1.82, 2.24) is 34.2 Å². The van der Waals surface area contributed by atoms with Crippen LogP contribution in [0.3, 0.4) is 0 Å². The summed E-state index contributed by atoms with van der Waals surface area (Å²) < 4.78 is 17.4. The van der Waals surface area contributed by atoms with Gasteiger partial charge in [-0.05, 0) is 23.8 Å². The topological polar surface area (TPSA) is 102 Å². The van der Waals surface area contributed by atoms with Crippen LogP contribution in [-0.4, -0.2) is 35.4 Å². The molecule has 11 heteroatoms. The van der Waals surface area contributed by atoms with Crippen LogP contribution in [-0.2, 0) is 13.0 Å². The number of halogens is 2. The number of benzene rings is 1. The van der Waals surface area contributed by atoms with Gasteiger partial charge in [-0.15, -0.1) is 0 Å². The van der Waals surface area contributed by atoms with Gasteiger partial charge in [0.1, 0.15) is 16.9 Å². The van der Waals surface area contributed by atoms with Gasteiger partial charge >= 0.3 is 0 Å². The highest BCUT2D eigenvalue weighted by Crippen LogP contribution is 2.25. The highest BCUT2D eigenvalue weighted by molar-refractivity contribution is 6.32. The first-order chi connectivity index (χ1) is 16.1. The molecule has 9 nitrogen and oxygen atoms in total. The van der Waals surface area contributed by atoms with E-state index in [1.165, 1.54) is 30.6 Å². The highest BCUT2D eigenvalue weighted by Gasteiger charge is 2.20. The van der Waals surface area contributed by atoms with E-state index in [1.54, 1.807) is 16.8 Å². The van der Waals surface area contributed by atoms with Crippen molar-refractivity contribution in [3.8, 4) is 5.69 Å². The van der Waals surface area contributed by atoms with Crippen LogP contribution < -0.4 is 16.2 Å². The Morgan fingerprint density at radius 2 is 2.09 bits per heavy atom. The van der Waals surface area contributed by atoms with Crippen molar-refractivity contribution >= 4 is 40.0 Å². The molecule has 1 aliphatic rings. The van der Waals surface area contributed by atoms with Gasteiger partial charge in [-0.2, -0.15) is 4.98 Å². The van der Waals surface area contributed by atoms with Gasteiger partial charge in [-0.1, -0.05) is 17.7 Å². The Bertz CT molecular complexity index is 1590. The van der Waals surface area contributed by atoms with E-state index in [4.69, 9.17) is 11.6 Å². The number of hydrogen-bond acceptors (Lipinski definition) is 7. The van der Waals surface area contributed by atoms with Crippen LogP contribution in [0.2, 0.25) is 5.02 Å². The quantitative estimate of drug-likeness (QED) is 0.425. The Morgan fingerprint density at radius 1 is 1.18 bits per heavy atom. The Balaban J connectivity index is 1.50. The maximum absolute atomic E-state index is 14.6. The Morgan fingerprint density at radius 3 is 2.97 bits per heavy atom. The number of rotatable bonds is 3. The molecule has 4 aromatic heterocycles. The van der Waals surface area contributed by atoms with Crippen molar-refractivity contribution in [2.24, 2.45) is 0 Å². The predicted octanol–water partition coefficient (Wildman–Crippen LogP) is 3.01. The van der Waals surface area contributed by atoms with E-state index in [0.717, 1.165) is 41.0 Å². The summed E-state index contributed by atoms with van der Waals surface area (Å²) in [6.07, 6.45) is 7.19. The number of imidazole rings is 1. The number of anilines is 2. The van der Waals surface area contributed by atoms with Gasteiger partial charge in [0.25, 0.3) is 5.56 Å². The van der Waals surface area contributed by atoms with Gasteiger partial charge in [0, 0.05) is 43.8 Å². The molecule has 5 aromatic rings. The molecule has 2 N–H and O–H groups in total. The fourth-order valence-corrected chi connectivity index (χ4v) is 4.30. The third-order valence-corrected chi connectivity index (χ3v) is 5.89. The monoisotopic (exact) mass is 462 g/mol. The van der Waals surface area contributed by atoms with Crippen LogP contribution in [0.4, 0.5) is 16.0 Å². The van der Waals surface area contributed by atoms with Gasteiger partial charge < -0.3 is 10.6 Å². The molecule has 0 unspecified atom stereocenters. The second kappa shape index (κ2) is 7.61. The molecule has 6 rings (SSSR count). The van der Waals surface area contributed by atoms with E-state index in [2.05, 4.69) is 30.6 Å². The van der Waals surface area contributed by atoms with Gasteiger partial charge in [0.15, 0.2) is 5.65 Å². The largest absolute Gasteiger partial charge is 0.323 e. The molecular weight excluding hydrogens is 447 g/mol. The average molecular weight is 463 g/mol. The van der Waals surface area contributed by atoms with Gasteiger partial charge in [-0.25, -0.2) is 18.9 Å². The van der Waals surface area contributed by atoms with Crippen LogP contribution in [0, 0.1) is 5.82 Å². The molecule has 164 valence electrons. The minimum atomic E-state index is -0.637. The fraction of sp³-hybridized carbons (Fsp3) is 0.136. The molecule has 0 radical (unpaired) electrons. The zero-order chi connectivity index (χ0) is 22.5. The van der Waals surface area contributed by atoms with Crippen LogP contribution >= 0.6 is 11.6 Å². The maximum Gasteiger partial charge on any atom is 0.270 e. The smallest absolute Gasteiger partial charge is 0.270 e. The lowest BCUT2D eigenvalue weighted by Gasteiger charge is -2.17. The molecular formula is C22H16ClFN8O. The summed E-state index contributed by atoms with van der Waals surface area (Å²) in [4.78, 5) is 31.0. The summed E-state index contributed by atoms with van der Waals surface area (Å²) >= 11 is 6.23. The summed E-state index contributed by atoms with van der Waals surface area (Å²) in [5.74, 6) is -0.155. The molecule has 0 aliphatic carbocycles. The van der Waals surface area contributed by atoms with E-state index in [-0.39, 0.29) is 21.9 Å². The molecule has 0 saturated heterocycles. The van der Waals surface area contributed by atoms with E-state index in [1.807, 2.05) is 6.07 Å². The molecule has 1 aliphatic heterocycles. The third-order valence-electron chi connectivity index (χ3n) is 5.58. The number of nitrogens with one attached hydrogen (secondary N) is 2. The normalized spacial score (nSPS) is 13.4. The summed E-state index contributed by atoms with van der Waals surface area (Å²) in [5, 5.41) is 6.76. The Hall–Kier alpha value is -3.89. The van der Waals surface area contributed by atoms with E-state index < -0.39 is 11.4 Å². The van der Waals surface area contributed by atoms with Crippen molar-refractivity contribution in [3.63, 3.8) is 0 Å². The zero-order valence-electron chi connectivity index (χ0n) is 17.1. The standard InChI is InChI=1S/C22H16ClFN8O/c23-15-2-1-3-16(24)18(15)32-20(33)14-11-28-21(30-19(14)31-7-6-26-22(31)32)29-13-8-12-9-25-5-4-17(12)27-10-13/h1-3,6-8,10-11,25H,4-5,9H2,(H,28,29,30). The molecule has 0 bridgehead atoms. The zero-order valence-corrected chi connectivity index (χ0v) is 17.8. The van der Waals surface area contributed by atoms with Crippen molar-refractivity contribution in [2.45, 2.75) is 13.0 Å². The minimum absolute atomic E-state index is 0.0711. The molecule has 1 aromatic carbocycles. The van der Waals surface area contributed by atoms with E-state index in [9.17, 15) is 9.18 Å². The molecule has 0 amide bonds. The van der Waals surface area contributed by atoms with Crippen LogP contribution in [0.15, 0.2) is 53.8 Å². The highest BCUT2D eigenvalue weighted by atomic mass is 35.5. The first kappa shape index (κ1) is 19.8. The number of nitrogens with zero attached hydrogens (tertiary/aromatic N) is 6. The third kappa shape index (κ3) is 3.22. The maximum atomic E-state index is 14.6. The molecule has 0 saturated carbocycles. The second-order valence-corrected chi connectivity index (χ2v) is 8.03. The van der Waals surface area contributed by atoms with Crippen molar-refractivity contribution < 1.29 is 4.39 Å². The Labute approximate surface area is 190 Å². The number of pyridine rings is 1. The van der Waals surface area contributed by atoms with Crippen molar-refractivity contribution in [3.05, 3.63) is 81.5 Å². The summed E-state index contributed by atoms with van der Waals surface area (Å²) in [6.45, 7) is 1.67. The molecule has 5 heterocycles. The molecule has 0 atom stereocenters. The number of fused-ring (bicyclic) bond motifs is 4. The number of para-hydroxylation sites is 1. The second-order valence-electron chi connectivity index (χ2n) is 7.62. The fourth-order valence-electron chi connectivity index (χ4n) is 4.05. The van der Waals surface area contributed by atoms with Crippen LogP contribution in [0.1, 0.15) is 11.3 Å². The van der Waals surface area contributed by atoms with E-state index in [0.29, 0.717) is 11.6 Å². The van der Waals surface area contributed by atoms with Crippen molar-refractivity contribution in [2.75, 3.05) is 11.9 Å². The van der Waals surface area contributed by atoms with E-state index >= 15 is 0 Å². The van der Waals surface area contributed by atoms with Gasteiger partial charge in [0.2, 0.25) is 11.7 Å². The predicted molar refractivity (Wildman–Crippen MR) is 122 cm³/mol. The number of aromatic nitrogens is 6. The summed E-state index contributed by atoms with van der Waals surface area (Å²) in [6, 6.07) is 6.24. The van der Waals surface area contributed by atoms with Crippen molar-refractivity contribution in [1.29, 1.82) is 0 Å². The summed E-state index contributed by atoms with van der Waals surface area (Å²) in [7, 11) is 0. The first-order valence-electron chi connectivity index (χ1n) is 10.2. The average Bonchev–Trinajstić information content (AvgIpc) is 3.31. The minimum Gasteiger partial charge on any atom is -0.323 e. The molecule has 0 fully saturated rings. The lowest BCUT2D eigenvalue weighted by Crippen LogP contribution is -2.24. The first-order valence-corrected chi connectivity index (χ1v) is 10.6. The molecule has 0 spiro atoms. The van der Waals surface area contributed by atoms with Crippen LogP contribution in [0.5, 0.6) is 0 Å². The SMILES string of the molecule is O=c1c2cnc(Nc3cnc4c(c3)CNCC4)nc2n2ccnc2n1-c1c(F)cccc1Cl.